The van der Waals surface area contributed by atoms with Crippen LogP contribution in [0.25, 0.3) is 10.9 Å². The second-order valence-electron chi connectivity index (χ2n) is 6.51. The maximum Gasteiger partial charge on any atom is 0.270 e. The van der Waals surface area contributed by atoms with Crippen LogP contribution < -0.4 is 0 Å². The number of amides is 1. The quantitative estimate of drug-likeness (QED) is 0.709. The number of hydrogen-bond donors (Lipinski definition) is 2. The lowest BCUT2D eigenvalue weighted by Gasteiger charge is -2.32. The normalized spacial score (nSPS) is 16.0. The molecule has 0 radical (unpaired) electrons. The largest absolute Gasteiger partial charge is 0.358 e. The molecule has 0 spiro atoms. The Morgan fingerprint density at radius 2 is 2.00 bits per heavy atom. The summed E-state index contributed by atoms with van der Waals surface area (Å²) in [5.41, 5.74) is 4.43. The molecule has 24 heavy (non-hydrogen) atoms. The second kappa shape index (κ2) is 6.02. The summed E-state index contributed by atoms with van der Waals surface area (Å²) in [6, 6.07) is 10.2. The third-order valence-electron chi connectivity index (χ3n) is 5.01. The van der Waals surface area contributed by atoms with Gasteiger partial charge in [0.2, 0.25) is 0 Å². The van der Waals surface area contributed by atoms with Crippen LogP contribution in [0.2, 0.25) is 5.02 Å². The molecule has 3 aromatic rings. The van der Waals surface area contributed by atoms with E-state index in [1.165, 1.54) is 22.2 Å². The van der Waals surface area contributed by atoms with Crippen LogP contribution in [0.15, 0.2) is 36.5 Å². The zero-order chi connectivity index (χ0) is 16.7. The van der Waals surface area contributed by atoms with Crippen molar-refractivity contribution in [1.82, 2.24) is 14.9 Å². The monoisotopic (exact) mass is 341 g/mol. The number of likely N-dealkylation sites (tertiary alicyclic amines) is 1. The zero-order valence-electron chi connectivity index (χ0n) is 13.6. The summed E-state index contributed by atoms with van der Waals surface area (Å²) in [5.74, 6) is 0.536. The molecule has 4 rings (SSSR count). The first-order chi connectivity index (χ1) is 11.6. The van der Waals surface area contributed by atoms with Crippen LogP contribution in [0.5, 0.6) is 0 Å². The molecule has 2 aromatic heterocycles. The molecule has 0 saturated carbocycles. The topological polar surface area (TPSA) is 51.9 Å². The number of para-hydroxylation sites is 1. The molecule has 1 aliphatic heterocycles. The average Bonchev–Trinajstić information content (AvgIpc) is 3.17. The molecule has 0 bridgehead atoms. The van der Waals surface area contributed by atoms with Crippen LogP contribution in [0.4, 0.5) is 0 Å². The van der Waals surface area contributed by atoms with E-state index in [2.05, 4.69) is 41.2 Å². The van der Waals surface area contributed by atoms with Crippen LogP contribution >= 0.6 is 11.6 Å². The molecule has 0 atom stereocenters. The number of aryl methyl sites for hydroxylation is 1. The first-order valence-electron chi connectivity index (χ1n) is 8.34. The molecule has 4 nitrogen and oxygen atoms in total. The van der Waals surface area contributed by atoms with E-state index in [-0.39, 0.29) is 5.91 Å². The van der Waals surface area contributed by atoms with Gasteiger partial charge in [-0.25, -0.2) is 0 Å². The van der Waals surface area contributed by atoms with Gasteiger partial charge in [0.15, 0.2) is 0 Å². The Morgan fingerprint density at radius 3 is 2.71 bits per heavy atom. The van der Waals surface area contributed by atoms with Gasteiger partial charge in [0.1, 0.15) is 5.69 Å². The highest BCUT2D eigenvalue weighted by molar-refractivity contribution is 6.30. The van der Waals surface area contributed by atoms with E-state index >= 15 is 0 Å². The maximum absolute atomic E-state index is 12.5. The van der Waals surface area contributed by atoms with Gasteiger partial charge in [-0.15, -0.1) is 0 Å². The summed E-state index contributed by atoms with van der Waals surface area (Å²) < 4.78 is 0. The second-order valence-corrected chi connectivity index (χ2v) is 6.94. The predicted octanol–water partition coefficient (Wildman–Crippen LogP) is 4.48. The molecule has 5 heteroatoms. The van der Waals surface area contributed by atoms with Gasteiger partial charge in [-0.1, -0.05) is 29.8 Å². The van der Waals surface area contributed by atoms with Crippen molar-refractivity contribution in [3.8, 4) is 0 Å². The highest BCUT2D eigenvalue weighted by Gasteiger charge is 2.27. The zero-order valence-corrected chi connectivity index (χ0v) is 14.4. The van der Waals surface area contributed by atoms with Gasteiger partial charge in [0.05, 0.1) is 5.02 Å². The number of carbonyl (C=O) groups is 1. The Bertz CT molecular complexity index is 887. The maximum atomic E-state index is 12.5. The van der Waals surface area contributed by atoms with Gasteiger partial charge in [0, 0.05) is 35.9 Å². The first kappa shape index (κ1) is 15.3. The van der Waals surface area contributed by atoms with Crippen LogP contribution in [0, 0.1) is 6.92 Å². The minimum Gasteiger partial charge on any atom is -0.358 e. The van der Waals surface area contributed by atoms with Gasteiger partial charge in [-0.3, -0.25) is 4.79 Å². The van der Waals surface area contributed by atoms with E-state index < -0.39 is 0 Å². The third-order valence-corrected chi connectivity index (χ3v) is 5.23. The molecule has 2 N–H and O–H groups in total. The molecule has 3 heterocycles. The van der Waals surface area contributed by atoms with Crippen LogP contribution in [0.3, 0.4) is 0 Å². The summed E-state index contributed by atoms with van der Waals surface area (Å²) in [7, 11) is 0. The number of aromatic amines is 2. The lowest BCUT2D eigenvalue weighted by atomic mass is 9.87. The number of piperidine rings is 1. The smallest absolute Gasteiger partial charge is 0.270 e. The Kier molecular flexibility index (Phi) is 3.85. The molecule has 1 saturated heterocycles. The number of aromatic nitrogens is 2. The van der Waals surface area contributed by atoms with Gasteiger partial charge in [-0.2, -0.15) is 0 Å². The number of carbonyl (C=O) groups excluding carboxylic acids is 1. The Labute approximate surface area is 145 Å². The van der Waals surface area contributed by atoms with Gasteiger partial charge < -0.3 is 14.9 Å². The van der Waals surface area contributed by atoms with Gasteiger partial charge in [-0.05, 0) is 43.4 Å². The standard InChI is InChI=1S/C19H20ClN3O/c1-12-18(15-4-2-3-5-16(15)22-12)13-6-8-23(9-7-13)19(24)17-10-14(20)11-21-17/h2-5,10-11,13,21-22H,6-9H2,1H3. The van der Waals surface area contributed by atoms with E-state index in [9.17, 15) is 4.79 Å². The van der Waals surface area contributed by atoms with Crippen molar-refractivity contribution < 1.29 is 4.79 Å². The van der Waals surface area contributed by atoms with E-state index in [1.54, 1.807) is 12.3 Å². The third kappa shape index (κ3) is 2.61. The van der Waals surface area contributed by atoms with Crippen molar-refractivity contribution in [2.24, 2.45) is 0 Å². The summed E-state index contributed by atoms with van der Waals surface area (Å²) in [6.45, 7) is 3.70. The Hall–Kier alpha value is -2.20. The Morgan fingerprint density at radius 1 is 1.25 bits per heavy atom. The van der Waals surface area contributed by atoms with Gasteiger partial charge in [0.25, 0.3) is 5.91 Å². The van der Waals surface area contributed by atoms with Gasteiger partial charge >= 0.3 is 0 Å². The molecule has 124 valence electrons. The fourth-order valence-electron chi connectivity index (χ4n) is 3.86. The molecule has 0 aliphatic carbocycles. The van der Waals surface area contributed by atoms with Crippen molar-refractivity contribution >= 4 is 28.4 Å². The SMILES string of the molecule is Cc1[nH]c2ccccc2c1C1CCN(C(=O)c2cc(Cl)c[nH]2)CC1. The number of benzene rings is 1. The molecular formula is C19H20ClN3O. The van der Waals surface area contributed by atoms with E-state index in [0.29, 0.717) is 16.6 Å². The van der Waals surface area contributed by atoms with Crippen LogP contribution in [-0.4, -0.2) is 33.9 Å². The van der Waals surface area contributed by atoms with E-state index in [1.807, 2.05) is 4.90 Å². The van der Waals surface area contributed by atoms with E-state index in [0.717, 1.165) is 25.9 Å². The predicted molar refractivity (Wildman–Crippen MR) is 96.7 cm³/mol. The lowest BCUT2D eigenvalue weighted by Crippen LogP contribution is -2.38. The summed E-state index contributed by atoms with van der Waals surface area (Å²) >= 11 is 5.90. The van der Waals surface area contributed by atoms with Crippen molar-refractivity contribution in [2.45, 2.75) is 25.7 Å². The highest BCUT2D eigenvalue weighted by atomic mass is 35.5. The summed E-state index contributed by atoms with van der Waals surface area (Å²) in [6.07, 6.45) is 3.63. The lowest BCUT2D eigenvalue weighted by molar-refractivity contribution is 0.0708. The van der Waals surface area contributed by atoms with Crippen molar-refractivity contribution in [1.29, 1.82) is 0 Å². The minimum absolute atomic E-state index is 0.0380. The summed E-state index contributed by atoms with van der Waals surface area (Å²) in [4.78, 5) is 20.9. The van der Waals surface area contributed by atoms with Crippen LogP contribution in [-0.2, 0) is 0 Å². The molecule has 1 aromatic carbocycles. The number of rotatable bonds is 2. The van der Waals surface area contributed by atoms with Crippen LogP contribution in [0.1, 0.15) is 40.5 Å². The van der Waals surface area contributed by atoms with Crippen molar-refractivity contribution in [3.63, 3.8) is 0 Å². The summed E-state index contributed by atoms with van der Waals surface area (Å²) in [5, 5.41) is 1.89. The number of hydrogen-bond acceptors (Lipinski definition) is 1. The van der Waals surface area contributed by atoms with Crippen molar-refractivity contribution in [3.05, 3.63) is 58.5 Å². The highest BCUT2D eigenvalue weighted by Crippen LogP contribution is 2.35. The fourth-order valence-corrected chi connectivity index (χ4v) is 4.02. The fraction of sp³-hybridized carbons (Fsp3) is 0.316. The van der Waals surface area contributed by atoms with Crippen molar-refractivity contribution in [2.75, 3.05) is 13.1 Å². The molecular weight excluding hydrogens is 322 g/mol. The number of nitrogens with one attached hydrogen (secondary N) is 2. The molecule has 1 fully saturated rings. The molecule has 1 amide bonds. The molecule has 0 unspecified atom stereocenters. The van der Waals surface area contributed by atoms with E-state index in [4.69, 9.17) is 11.6 Å². The average molecular weight is 342 g/mol. The number of fused-ring (bicyclic) bond motifs is 1. The Balaban J connectivity index is 1.51. The molecule has 1 aliphatic rings. The number of halogens is 1. The number of nitrogens with zero attached hydrogens (tertiary/aromatic N) is 1. The first-order valence-corrected chi connectivity index (χ1v) is 8.71. The minimum atomic E-state index is 0.0380. The number of H-pyrrole nitrogens is 2.